The van der Waals surface area contributed by atoms with Crippen LogP contribution in [0, 0.1) is 6.92 Å². The number of likely N-dealkylation sites (N-methyl/N-ethyl adjacent to an activating group) is 1. The molecule has 22 heavy (non-hydrogen) atoms. The summed E-state index contributed by atoms with van der Waals surface area (Å²) in [7, 11) is 1.90. The van der Waals surface area contributed by atoms with Crippen molar-refractivity contribution in [2.24, 2.45) is 0 Å². The minimum Gasteiger partial charge on any atom is -0.459 e. The largest absolute Gasteiger partial charge is 0.459 e. The zero-order valence-corrected chi connectivity index (χ0v) is 13.8. The van der Waals surface area contributed by atoms with Crippen LogP contribution < -0.4 is 5.32 Å². The van der Waals surface area contributed by atoms with Crippen LogP contribution in [0.5, 0.6) is 0 Å². The van der Waals surface area contributed by atoms with Gasteiger partial charge < -0.3 is 14.6 Å². The van der Waals surface area contributed by atoms with Crippen LogP contribution in [0.1, 0.15) is 24.3 Å². The molecule has 0 spiro atoms. The van der Waals surface area contributed by atoms with E-state index >= 15 is 0 Å². The number of rotatable bonds is 4. The number of aryl methyl sites for hydroxylation is 1. The van der Waals surface area contributed by atoms with Crippen LogP contribution in [0.25, 0.3) is 10.8 Å². The summed E-state index contributed by atoms with van der Waals surface area (Å²) in [6.07, 6.45) is 2.41. The van der Waals surface area contributed by atoms with Crippen LogP contribution in [-0.2, 0) is 11.2 Å². The molecule has 0 radical (unpaired) electrons. The van der Waals surface area contributed by atoms with E-state index in [9.17, 15) is 4.79 Å². The molecule has 0 aromatic carbocycles. The molecule has 1 N–H and O–H groups in total. The Bertz CT molecular complexity index is 643. The molecule has 5 nitrogen and oxygen atoms in total. The van der Waals surface area contributed by atoms with Crippen LogP contribution in [0.2, 0.25) is 0 Å². The topological polar surface area (TPSA) is 58.4 Å². The van der Waals surface area contributed by atoms with Crippen LogP contribution in [0.4, 0.5) is 0 Å². The number of carbonyl (C=O) groups excluding carboxylic acids is 1. The van der Waals surface area contributed by atoms with Crippen molar-refractivity contribution in [2.45, 2.75) is 32.2 Å². The number of piperidine rings is 1. The second kappa shape index (κ2) is 6.62. The molecule has 1 aliphatic heterocycles. The molecule has 0 bridgehead atoms. The zero-order valence-electron chi connectivity index (χ0n) is 13.0. The van der Waals surface area contributed by atoms with E-state index in [0.29, 0.717) is 12.5 Å². The van der Waals surface area contributed by atoms with Crippen molar-refractivity contribution in [1.29, 1.82) is 0 Å². The third kappa shape index (κ3) is 3.39. The van der Waals surface area contributed by atoms with Crippen molar-refractivity contribution in [1.82, 2.24) is 15.2 Å². The number of thiazole rings is 1. The summed E-state index contributed by atoms with van der Waals surface area (Å²) in [4.78, 5) is 18.8. The maximum atomic E-state index is 12.4. The van der Waals surface area contributed by atoms with E-state index < -0.39 is 0 Å². The Morgan fingerprint density at radius 1 is 1.45 bits per heavy atom. The highest BCUT2D eigenvalue weighted by Crippen LogP contribution is 2.26. The van der Waals surface area contributed by atoms with Crippen molar-refractivity contribution in [2.75, 3.05) is 20.1 Å². The lowest BCUT2D eigenvalue weighted by Gasteiger charge is -2.31. The quantitative estimate of drug-likeness (QED) is 0.940. The monoisotopic (exact) mass is 319 g/mol. The van der Waals surface area contributed by atoms with Crippen molar-refractivity contribution in [3.63, 3.8) is 0 Å². The predicted molar refractivity (Wildman–Crippen MR) is 86.9 cm³/mol. The smallest absolute Gasteiger partial charge is 0.228 e. The number of furan rings is 1. The molecule has 1 fully saturated rings. The van der Waals surface area contributed by atoms with Crippen molar-refractivity contribution >= 4 is 17.2 Å². The Morgan fingerprint density at radius 2 is 2.23 bits per heavy atom. The third-order valence-electron chi connectivity index (χ3n) is 4.09. The lowest BCUT2D eigenvalue weighted by atomic mass is 10.0. The van der Waals surface area contributed by atoms with Crippen molar-refractivity contribution in [3.05, 3.63) is 29.0 Å². The maximum Gasteiger partial charge on any atom is 0.228 e. The minimum absolute atomic E-state index is 0.138. The van der Waals surface area contributed by atoms with Gasteiger partial charge in [-0.3, -0.25) is 4.79 Å². The Morgan fingerprint density at radius 3 is 2.91 bits per heavy atom. The van der Waals surface area contributed by atoms with Gasteiger partial charge in [0.15, 0.2) is 10.8 Å². The molecule has 6 heteroatoms. The van der Waals surface area contributed by atoms with Gasteiger partial charge in [-0.05, 0) is 45.0 Å². The Hall–Kier alpha value is -1.66. The molecule has 0 saturated carbocycles. The number of hydrogen-bond donors (Lipinski definition) is 1. The van der Waals surface area contributed by atoms with E-state index in [2.05, 4.69) is 10.3 Å². The number of hydrogen-bond acceptors (Lipinski definition) is 5. The summed E-state index contributed by atoms with van der Waals surface area (Å²) in [6, 6.07) is 4.19. The van der Waals surface area contributed by atoms with Gasteiger partial charge in [0.1, 0.15) is 5.76 Å². The second-order valence-electron chi connectivity index (χ2n) is 5.72. The summed E-state index contributed by atoms with van der Waals surface area (Å²) in [5.41, 5.74) is 0.819. The van der Waals surface area contributed by atoms with Gasteiger partial charge in [0, 0.05) is 18.5 Å². The lowest BCUT2D eigenvalue weighted by Crippen LogP contribution is -2.44. The SMILES string of the molecule is Cc1ccc(-c2nc(CC(=O)N(C)C3CCNCC3)cs2)o1. The van der Waals surface area contributed by atoms with E-state index in [1.165, 1.54) is 11.3 Å². The predicted octanol–water partition coefficient (Wildman–Crippen LogP) is 2.46. The summed E-state index contributed by atoms with van der Waals surface area (Å²) in [6.45, 7) is 3.89. The first-order valence-electron chi connectivity index (χ1n) is 7.61. The Balaban J connectivity index is 1.63. The molecule has 1 aliphatic rings. The standard InChI is InChI=1S/C16H21N3O2S/c1-11-3-4-14(21-11)16-18-12(10-22-16)9-15(20)19(2)13-5-7-17-8-6-13/h3-4,10,13,17H,5-9H2,1-2H3. The van der Waals surface area contributed by atoms with E-state index in [-0.39, 0.29) is 5.91 Å². The number of amides is 1. The van der Waals surface area contributed by atoms with E-state index in [0.717, 1.165) is 48.2 Å². The summed E-state index contributed by atoms with van der Waals surface area (Å²) in [5, 5.41) is 6.10. The lowest BCUT2D eigenvalue weighted by molar-refractivity contribution is -0.131. The molecule has 1 amide bonds. The van der Waals surface area contributed by atoms with Crippen LogP contribution in [0.3, 0.4) is 0 Å². The molecule has 3 heterocycles. The molecule has 2 aromatic rings. The normalized spacial score (nSPS) is 15.9. The molecular weight excluding hydrogens is 298 g/mol. The molecule has 1 saturated heterocycles. The van der Waals surface area contributed by atoms with Crippen molar-refractivity contribution in [3.8, 4) is 10.8 Å². The first-order valence-corrected chi connectivity index (χ1v) is 8.49. The maximum absolute atomic E-state index is 12.4. The molecule has 3 rings (SSSR count). The van der Waals surface area contributed by atoms with Gasteiger partial charge in [-0.2, -0.15) is 0 Å². The van der Waals surface area contributed by atoms with E-state index in [4.69, 9.17) is 4.42 Å². The van der Waals surface area contributed by atoms with Gasteiger partial charge in [0.2, 0.25) is 5.91 Å². The highest BCUT2D eigenvalue weighted by molar-refractivity contribution is 7.13. The second-order valence-corrected chi connectivity index (χ2v) is 6.57. The van der Waals surface area contributed by atoms with Crippen LogP contribution >= 0.6 is 11.3 Å². The highest BCUT2D eigenvalue weighted by Gasteiger charge is 2.22. The molecule has 0 atom stereocenters. The summed E-state index contributed by atoms with van der Waals surface area (Å²) in [5.74, 6) is 1.78. The van der Waals surface area contributed by atoms with Crippen molar-refractivity contribution < 1.29 is 9.21 Å². The molecular formula is C16H21N3O2S. The van der Waals surface area contributed by atoms with Crippen LogP contribution in [0.15, 0.2) is 21.9 Å². The summed E-state index contributed by atoms with van der Waals surface area (Å²) >= 11 is 1.52. The van der Waals surface area contributed by atoms with Gasteiger partial charge in [-0.25, -0.2) is 4.98 Å². The highest BCUT2D eigenvalue weighted by atomic mass is 32.1. The van der Waals surface area contributed by atoms with Gasteiger partial charge in [0.05, 0.1) is 12.1 Å². The first kappa shape index (κ1) is 15.2. The summed E-state index contributed by atoms with van der Waals surface area (Å²) < 4.78 is 5.58. The minimum atomic E-state index is 0.138. The number of nitrogens with zero attached hydrogens (tertiary/aromatic N) is 2. The zero-order chi connectivity index (χ0) is 15.5. The Labute approximate surface area is 134 Å². The van der Waals surface area contributed by atoms with Gasteiger partial charge in [0.25, 0.3) is 0 Å². The third-order valence-corrected chi connectivity index (χ3v) is 4.99. The molecule has 0 unspecified atom stereocenters. The van der Waals surface area contributed by atoms with Gasteiger partial charge in [-0.1, -0.05) is 0 Å². The molecule has 0 aliphatic carbocycles. The van der Waals surface area contributed by atoms with Crippen LogP contribution in [-0.4, -0.2) is 42.0 Å². The molecule has 2 aromatic heterocycles. The first-order chi connectivity index (χ1) is 10.6. The number of nitrogens with one attached hydrogen (secondary N) is 1. The average molecular weight is 319 g/mol. The fourth-order valence-electron chi connectivity index (χ4n) is 2.73. The molecule has 118 valence electrons. The fourth-order valence-corrected chi connectivity index (χ4v) is 3.51. The van der Waals surface area contributed by atoms with E-state index in [1.807, 2.05) is 36.4 Å². The number of aromatic nitrogens is 1. The van der Waals surface area contributed by atoms with Gasteiger partial charge >= 0.3 is 0 Å². The Kier molecular flexibility index (Phi) is 4.59. The number of carbonyl (C=O) groups is 1. The van der Waals surface area contributed by atoms with E-state index in [1.54, 1.807) is 0 Å². The van der Waals surface area contributed by atoms with Gasteiger partial charge in [-0.15, -0.1) is 11.3 Å². The average Bonchev–Trinajstić information content (AvgIpc) is 3.16. The fraction of sp³-hybridized carbons (Fsp3) is 0.500.